The van der Waals surface area contributed by atoms with Gasteiger partial charge in [0.25, 0.3) is 5.91 Å². The van der Waals surface area contributed by atoms with Gasteiger partial charge in [-0.25, -0.2) is 4.79 Å². The van der Waals surface area contributed by atoms with Gasteiger partial charge in [-0.3, -0.25) is 14.4 Å². The van der Waals surface area contributed by atoms with Crippen LogP contribution in [-0.2, 0) is 30.3 Å². The van der Waals surface area contributed by atoms with Crippen molar-refractivity contribution in [3.8, 4) is 5.75 Å². The number of hydrogen-bond donors (Lipinski definition) is 5. The second-order valence-electron chi connectivity index (χ2n) is 6.33. The Bertz CT molecular complexity index is 707. The van der Waals surface area contributed by atoms with Crippen LogP contribution < -0.4 is 21.7 Å². The number of benzene rings is 1. The van der Waals surface area contributed by atoms with Gasteiger partial charge in [0, 0.05) is 6.42 Å². The van der Waals surface area contributed by atoms with Crippen molar-refractivity contribution in [1.82, 2.24) is 16.0 Å². The van der Waals surface area contributed by atoms with E-state index < -0.39 is 41.8 Å². The predicted octanol–water partition coefficient (Wildman–Crippen LogP) is -2.16. The molecule has 0 radical (unpaired) electrons. The van der Waals surface area contributed by atoms with Gasteiger partial charge in [-0.2, -0.15) is 0 Å². The molecule has 0 saturated heterocycles. The standard InChI is InChI=1S/C18H26N4O6/c1-10(16(25)20-9-15(24)21-11(2)18(27)28-3)22-17(26)14(19)8-12-4-6-13(23)7-5-12/h4-7,10-11,14,23H,8-9,19H2,1-3H3,(H,20,25)(H,21,24)(H,22,26)/p+1/t10-,11-,14-/m0/s1. The molecule has 0 unspecified atom stereocenters. The highest BCUT2D eigenvalue weighted by atomic mass is 16.5. The number of ether oxygens (including phenoxy) is 1. The van der Waals surface area contributed by atoms with Gasteiger partial charge in [0.15, 0.2) is 6.04 Å². The van der Waals surface area contributed by atoms with Gasteiger partial charge in [0.05, 0.1) is 13.7 Å². The van der Waals surface area contributed by atoms with Crippen molar-refractivity contribution in [3.63, 3.8) is 0 Å². The Morgan fingerprint density at radius 1 is 1.04 bits per heavy atom. The van der Waals surface area contributed by atoms with Crippen LogP contribution in [0.1, 0.15) is 19.4 Å². The second kappa shape index (κ2) is 10.9. The molecular weight excluding hydrogens is 368 g/mol. The highest BCUT2D eigenvalue weighted by Gasteiger charge is 2.23. The number of nitrogens with one attached hydrogen (secondary N) is 3. The predicted molar refractivity (Wildman–Crippen MR) is 98.7 cm³/mol. The Morgan fingerprint density at radius 2 is 1.64 bits per heavy atom. The largest absolute Gasteiger partial charge is 0.508 e. The zero-order chi connectivity index (χ0) is 21.3. The summed E-state index contributed by atoms with van der Waals surface area (Å²) >= 11 is 0. The number of quaternary nitrogens is 1. The molecule has 0 heterocycles. The lowest BCUT2D eigenvalue weighted by molar-refractivity contribution is -0.403. The highest BCUT2D eigenvalue weighted by molar-refractivity contribution is 5.92. The van der Waals surface area contributed by atoms with Crippen LogP contribution in [0.2, 0.25) is 0 Å². The molecule has 28 heavy (non-hydrogen) atoms. The first kappa shape index (κ1) is 22.9. The molecule has 154 valence electrons. The number of methoxy groups -OCH3 is 1. The zero-order valence-corrected chi connectivity index (χ0v) is 16.2. The first-order valence-electron chi connectivity index (χ1n) is 8.70. The topological polar surface area (TPSA) is 161 Å². The number of rotatable bonds is 9. The summed E-state index contributed by atoms with van der Waals surface area (Å²) in [6.07, 6.45) is 0.342. The smallest absolute Gasteiger partial charge is 0.328 e. The molecule has 1 aromatic carbocycles. The first-order chi connectivity index (χ1) is 13.1. The van der Waals surface area contributed by atoms with E-state index >= 15 is 0 Å². The number of hydrogen-bond acceptors (Lipinski definition) is 6. The average molecular weight is 395 g/mol. The molecule has 1 rings (SSSR count). The van der Waals surface area contributed by atoms with E-state index in [0.717, 1.165) is 5.56 Å². The monoisotopic (exact) mass is 395 g/mol. The molecule has 10 nitrogen and oxygen atoms in total. The van der Waals surface area contributed by atoms with Gasteiger partial charge in [-0.05, 0) is 31.5 Å². The van der Waals surface area contributed by atoms with Gasteiger partial charge in [0.1, 0.15) is 17.8 Å². The number of carbonyl (C=O) groups excluding carboxylic acids is 4. The Morgan fingerprint density at radius 3 is 2.21 bits per heavy atom. The third-order valence-corrected chi connectivity index (χ3v) is 3.90. The zero-order valence-electron chi connectivity index (χ0n) is 16.2. The number of phenols is 1. The van der Waals surface area contributed by atoms with E-state index in [0.29, 0.717) is 6.42 Å². The molecule has 3 atom stereocenters. The highest BCUT2D eigenvalue weighted by Crippen LogP contribution is 2.10. The summed E-state index contributed by atoms with van der Waals surface area (Å²) < 4.78 is 4.48. The van der Waals surface area contributed by atoms with Crippen LogP contribution in [-0.4, -0.2) is 60.6 Å². The fourth-order valence-electron chi connectivity index (χ4n) is 2.25. The van der Waals surface area contributed by atoms with E-state index in [1.807, 2.05) is 0 Å². The van der Waals surface area contributed by atoms with Crippen LogP contribution in [0.5, 0.6) is 5.75 Å². The van der Waals surface area contributed by atoms with E-state index in [2.05, 4.69) is 26.4 Å². The summed E-state index contributed by atoms with van der Waals surface area (Å²) in [5.74, 6) is -2.00. The minimum Gasteiger partial charge on any atom is -0.508 e. The van der Waals surface area contributed by atoms with E-state index in [9.17, 15) is 24.3 Å². The van der Waals surface area contributed by atoms with Crippen LogP contribution in [0.3, 0.4) is 0 Å². The normalized spacial score (nSPS) is 13.6. The summed E-state index contributed by atoms with van der Waals surface area (Å²) in [7, 11) is 1.20. The molecule has 0 saturated carbocycles. The van der Waals surface area contributed by atoms with E-state index in [-0.39, 0.29) is 12.3 Å². The van der Waals surface area contributed by atoms with Gasteiger partial charge in [-0.15, -0.1) is 0 Å². The lowest BCUT2D eigenvalue weighted by Crippen LogP contribution is -2.69. The summed E-state index contributed by atoms with van der Waals surface area (Å²) in [4.78, 5) is 47.2. The molecule has 1 aromatic rings. The number of carbonyl (C=O) groups is 4. The van der Waals surface area contributed by atoms with E-state index in [1.165, 1.54) is 33.1 Å². The molecule has 0 aliphatic rings. The third-order valence-electron chi connectivity index (χ3n) is 3.90. The quantitative estimate of drug-likeness (QED) is 0.299. The Hall–Kier alpha value is -3.14. The summed E-state index contributed by atoms with van der Waals surface area (Å²) in [6, 6.07) is 4.06. The Kier molecular flexibility index (Phi) is 8.89. The van der Waals surface area contributed by atoms with Crippen LogP contribution in [0, 0.1) is 0 Å². The van der Waals surface area contributed by atoms with E-state index in [4.69, 9.17) is 0 Å². The maximum absolute atomic E-state index is 12.2. The molecule has 0 aromatic heterocycles. The minimum absolute atomic E-state index is 0.129. The number of phenolic OH excluding ortho intramolecular Hbond substituents is 1. The molecular formula is C18H27N4O6+. The summed E-state index contributed by atoms with van der Waals surface area (Å²) in [6.45, 7) is 2.59. The number of amides is 3. The Balaban J connectivity index is 2.41. The van der Waals surface area contributed by atoms with Gasteiger partial charge < -0.3 is 31.5 Å². The molecule has 3 amide bonds. The van der Waals surface area contributed by atoms with Gasteiger partial charge in [-0.1, -0.05) is 12.1 Å². The molecule has 0 aliphatic heterocycles. The van der Waals surface area contributed by atoms with Crippen LogP contribution in [0.25, 0.3) is 0 Å². The minimum atomic E-state index is -0.873. The van der Waals surface area contributed by atoms with Crippen molar-refractivity contribution < 1.29 is 34.8 Å². The maximum Gasteiger partial charge on any atom is 0.328 e. The second-order valence-corrected chi connectivity index (χ2v) is 6.33. The average Bonchev–Trinajstić information content (AvgIpc) is 2.66. The lowest BCUT2D eigenvalue weighted by Gasteiger charge is -2.16. The van der Waals surface area contributed by atoms with Crippen molar-refractivity contribution in [3.05, 3.63) is 29.8 Å². The van der Waals surface area contributed by atoms with Crippen LogP contribution >= 0.6 is 0 Å². The fraction of sp³-hybridized carbons (Fsp3) is 0.444. The maximum atomic E-state index is 12.2. The summed E-state index contributed by atoms with van der Waals surface area (Å²) in [5, 5.41) is 16.6. The Labute approximate surface area is 162 Å². The molecule has 10 heteroatoms. The molecule has 7 N–H and O–H groups in total. The number of esters is 1. The van der Waals surface area contributed by atoms with Crippen molar-refractivity contribution in [1.29, 1.82) is 0 Å². The SMILES string of the molecule is COC(=O)[C@H](C)NC(=O)CNC(=O)[C@H](C)NC(=O)[C@@H]([NH3+])Cc1ccc(O)cc1. The first-order valence-corrected chi connectivity index (χ1v) is 8.70. The van der Waals surface area contributed by atoms with Gasteiger partial charge >= 0.3 is 5.97 Å². The molecule has 0 aliphatic carbocycles. The van der Waals surface area contributed by atoms with Gasteiger partial charge in [0.2, 0.25) is 11.8 Å². The van der Waals surface area contributed by atoms with Crippen molar-refractivity contribution in [2.24, 2.45) is 0 Å². The molecule has 0 spiro atoms. The van der Waals surface area contributed by atoms with Crippen LogP contribution in [0.15, 0.2) is 24.3 Å². The lowest BCUT2D eigenvalue weighted by atomic mass is 10.1. The van der Waals surface area contributed by atoms with Crippen molar-refractivity contribution >= 4 is 23.7 Å². The van der Waals surface area contributed by atoms with Crippen LogP contribution in [0.4, 0.5) is 0 Å². The van der Waals surface area contributed by atoms with Crippen molar-refractivity contribution in [2.45, 2.75) is 38.4 Å². The van der Waals surface area contributed by atoms with E-state index in [1.54, 1.807) is 12.1 Å². The number of aromatic hydroxyl groups is 1. The summed E-state index contributed by atoms with van der Waals surface area (Å²) in [5.41, 5.74) is 4.61. The molecule has 0 fully saturated rings. The fourth-order valence-corrected chi connectivity index (χ4v) is 2.25. The third kappa shape index (κ3) is 7.62. The van der Waals surface area contributed by atoms with Crippen molar-refractivity contribution in [2.75, 3.05) is 13.7 Å². The molecule has 0 bridgehead atoms.